The van der Waals surface area contributed by atoms with E-state index in [0.717, 1.165) is 21.3 Å². The van der Waals surface area contributed by atoms with Gasteiger partial charge in [-0.25, -0.2) is 9.97 Å². The van der Waals surface area contributed by atoms with Crippen molar-refractivity contribution < 1.29 is 9.59 Å². The predicted molar refractivity (Wildman–Crippen MR) is 82.5 cm³/mol. The van der Waals surface area contributed by atoms with Crippen LogP contribution < -0.4 is 10.6 Å². The molecule has 3 heterocycles. The van der Waals surface area contributed by atoms with Gasteiger partial charge in [0.2, 0.25) is 11.8 Å². The molecule has 0 unspecified atom stereocenters. The minimum Gasteiger partial charge on any atom is -0.344 e. The first kappa shape index (κ1) is 14.2. The summed E-state index contributed by atoms with van der Waals surface area (Å²) in [6, 6.07) is -0.447. The summed E-state index contributed by atoms with van der Waals surface area (Å²) in [5, 5.41) is 8.85. The van der Waals surface area contributed by atoms with Gasteiger partial charge in [0.15, 0.2) is 5.13 Å². The summed E-state index contributed by atoms with van der Waals surface area (Å²) in [6.45, 7) is 3.91. The van der Waals surface area contributed by atoms with Crippen LogP contribution in [-0.2, 0) is 9.59 Å². The van der Waals surface area contributed by atoms with Crippen LogP contribution in [0.5, 0.6) is 0 Å². The van der Waals surface area contributed by atoms with Crippen LogP contribution in [0.25, 0.3) is 10.6 Å². The lowest BCUT2D eigenvalue weighted by atomic mass is 10.2. The van der Waals surface area contributed by atoms with Crippen LogP contribution >= 0.6 is 22.7 Å². The fourth-order valence-corrected chi connectivity index (χ4v) is 3.87. The van der Waals surface area contributed by atoms with Gasteiger partial charge in [0.1, 0.15) is 6.04 Å². The molecule has 110 valence electrons. The summed E-state index contributed by atoms with van der Waals surface area (Å²) in [7, 11) is 0. The monoisotopic (exact) mass is 322 g/mol. The minimum atomic E-state index is -0.447. The van der Waals surface area contributed by atoms with Gasteiger partial charge in [0, 0.05) is 11.8 Å². The Hall–Kier alpha value is -1.80. The van der Waals surface area contributed by atoms with Crippen LogP contribution in [0.1, 0.15) is 23.5 Å². The Morgan fingerprint density at radius 3 is 2.86 bits per heavy atom. The number of amides is 2. The zero-order chi connectivity index (χ0) is 15.0. The second-order valence-corrected chi connectivity index (χ2v) is 6.89. The molecule has 2 amide bonds. The van der Waals surface area contributed by atoms with Crippen molar-refractivity contribution in [3.8, 4) is 10.6 Å². The molecule has 1 saturated heterocycles. The van der Waals surface area contributed by atoms with Crippen molar-refractivity contribution in [3.05, 3.63) is 16.1 Å². The Kier molecular flexibility index (Phi) is 3.73. The second-order valence-electron chi connectivity index (χ2n) is 4.83. The SMILES string of the molecule is Cc1nc(C)c(-c2csc(NC(=O)[C@@H]3CCC(=O)N3)n2)s1. The first-order chi connectivity index (χ1) is 10.0. The number of aryl methyl sites for hydroxylation is 2. The molecule has 1 aliphatic heterocycles. The van der Waals surface area contributed by atoms with Gasteiger partial charge < -0.3 is 10.6 Å². The fraction of sp³-hybridized carbons (Fsp3) is 0.385. The Bertz CT molecular complexity index is 707. The van der Waals surface area contributed by atoms with E-state index in [2.05, 4.69) is 20.6 Å². The number of carbonyl (C=O) groups excluding carboxylic acids is 2. The highest BCUT2D eigenvalue weighted by Crippen LogP contribution is 2.32. The first-order valence-corrected chi connectivity index (χ1v) is 8.22. The van der Waals surface area contributed by atoms with Crippen molar-refractivity contribution in [1.29, 1.82) is 0 Å². The Labute approximate surface area is 129 Å². The normalized spacial score (nSPS) is 17.8. The Morgan fingerprint density at radius 2 is 2.24 bits per heavy atom. The molecule has 0 aliphatic carbocycles. The third-order valence-electron chi connectivity index (χ3n) is 3.18. The molecular formula is C13H14N4O2S2. The average Bonchev–Trinajstić information content (AvgIpc) is 3.10. The first-order valence-electron chi connectivity index (χ1n) is 6.53. The third-order valence-corrected chi connectivity index (χ3v) is 5.04. The molecule has 1 atom stereocenters. The van der Waals surface area contributed by atoms with Gasteiger partial charge in [-0.1, -0.05) is 0 Å². The average molecular weight is 322 g/mol. The van der Waals surface area contributed by atoms with Crippen LogP contribution in [0.3, 0.4) is 0 Å². The van der Waals surface area contributed by atoms with Crippen LogP contribution in [0.15, 0.2) is 5.38 Å². The predicted octanol–water partition coefficient (Wildman–Crippen LogP) is 2.10. The molecule has 0 radical (unpaired) electrons. The maximum absolute atomic E-state index is 12.0. The lowest BCUT2D eigenvalue weighted by molar-refractivity contribution is -0.122. The molecule has 6 nitrogen and oxygen atoms in total. The smallest absolute Gasteiger partial charge is 0.248 e. The van der Waals surface area contributed by atoms with E-state index >= 15 is 0 Å². The lowest BCUT2D eigenvalue weighted by Gasteiger charge is -2.08. The summed E-state index contributed by atoms with van der Waals surface area (Å²) in [6.07, 6.45) is 0.941. The quantitative estimate of drug-likeness (QED) is 0.906. The standard InChI is InChI=1S/C13H14N4O2S2/c1-6-11(21-7(2)14-6)9-5-20-13(16-9)17-12(19)8-3-4-10(18)15-8/h5,8H,3-4H2,1-2H3,(H,15,18)(H,16,17,19)/t8-/m0/s1. The fourth-order valence-electron chi connectivity index (χ4n) is 2.21. The number of nitrogens with one attached hydrogen (secondary N) is 2. The summed E-state index contributed by atoms with van der Waals surface area (Å²) >= 11 is 2.96. The number of nitrogens with zero attached hydrogens (tertiary/aromatic N) is 2. The molecule has 2 aromatic heterocycles. The van der Waals surface area contributed by atoms with Gasteiger partial charge in [-0.05, 0) is 20.3 Å². The van der Waals surface area contributed by atoms with Gasteiger partial charge in [-0.2, -0.15) is 0 Å². The molecule has 3 rings (SSSR count). The minimum absolute atomic E-state index is 0.0780. The number of rotatable bonds is 3. The van der Waals surface area contributed by atoms with Gasteiger partial charge in [0.25, 0.3) is 0 Å². The molecule has 21 heavy (non-hydrogen) atoms. The van der Waals surface area contributed by atoms with Crippen LogP contribution in [-0.4, -0.2) is 27.8 Å². The van der Waals surface area contributed by atoms with Crippen LogP contribution in [0, 0.1) is 13.8 Å². The van der Waals surface area contributed by atoms with E-state index in [-0.39, 0.29) is 11.8 Å². The highest BCUT2D eigenvalue weighted by atomic mass is 32.1. The molecular weight excluding hydrogens is 308 g/mol. The molecule has 0 bridgehead atoms. The van der Waals surface area contributed by atoms with Crippen molar-refractivity contribution >= 4 is 39.6 Å². The van der Waals surface area contributed by atoms with E-state index in [1.54, 1.807) is 11.3 Å². The highest BCUT2D eigenvalue weighted by Gasteiger charge is 2.27. The van der Waals surface area contributed by atoms with Crippen LogP contribution in [0.4, 0.5) is 5.13 Å². The molecule has 0 spiro atoms. The van der Waals surface area contributed by atoms with Crippen molar-refractivity contribution in [3.63, 3.8) is 0 Å². The van der Waals surface area contributed by atoms with E-state index in [4.69, 9.17) is 0 Å². The lowest BCUT2D eigenvalue weighted by Crippen LogP contribution is -2.37. The summed E-state index contributed by atoms with van der Waals surface area (Å²) < 4.78 is 0. The number of anilines is 1. The summed E-state index contributed by atoms with van der Waals surface area (Å²) in [5.41, 5.74) is 1.78. The molecule has 8 heteroatoms. The second kappa shape index (κ2) is 5.53. The molecule has 0 saturated carbocycles. The number of carbonyl (C=O) groups is 2. The molecule has 2 N–H and O–H groups in total. The Morgan fingerprint density at radius 1 is 1.43 bits per heavy atom. The van der Waals surface area contributed by atoms with Crippen molar-refractivity contribution in [2.45, 2.75) is 32.7 Å². The van der Waals surface area contributed by atoms with Gasteiger partial charge >= 0.3 is 0 Å². The van der Waals surface area contributed by atoms with Gasteiger partial charge in [-0.15, -0.1) is 22.7 Å². The highest BCUT2D eigenvalue weighted by molar-refractivity contribution is 7.16. The van der Waals surface area contributed by atoms with E-state index in [0.29, 0.717) is 18.0 Å². The van der Waals surface area contributed by atoms with Crippen molar-refractivity contribution in [2.24, 2.45) is 0 Å². The maximum Gasteiger partial charge on any atom is 0.248 e. The summed E-state index contributed by atoms with van der Waals surface area (Å²) in [4.78, 5) is 33.0. The van der Waals surface area contributed by atoms with Crippen molar-refractivity contribution in [2.75, 3.05) is 5.32 Å². The zero-order valence-corrected chi connectivity index (χ0v) is 13.2. The number of thiazole rings is 2. The molecule has 2 aromatic rings. The number of hydrogen-bond donors (Lipinski definition) is 2. The van der Waals surface area contributed by atoms with E-state index < -0.39 is 6.04 Å². The van der Waals surface area contributed by atoms with Crippen molar-refractivity contribution in [1.82, 2.24) is 15.3 Å². The van der Waals surface area contributed by atoms with Gasteiger partial charge in [-0.3, -0.25) is 9.59 Å². The zero-order valence-electron chi connectivity index (χ0n) is 11.6. The van der Waals surface area contributed by atoms with E-state index in [1.165, 1.54) is 11.3 Å². The van der Waals surface area contributed by atoms with Crippen LogP contribution in [0.2, 0.25) is 0 Å². The largest absolute Gasteiger partial charge is 0.344 e. The maximum atomic E-state index is 12.0. The topological polar surface area (TPSA) is 84.0 Å². The molecule has 1 fully saturated rings. The molecule has 1 aliphatic rings. The van der Waals surface area contributed by atoms with E-state index in [9.17, 15) is 9.59 Å². The summed E-state index contributed by atoms with van der Waals surface area (Å²) in [5.74, 6) is -0.287. The number of hydrogen-bond acceptors (Lipinski definition) is 6. The molecule has 0 aromatic carbocycles. The number of aromatic nitrogens is 2. The Balaban J connectivity index is 1.72. The third kappa shape index (κ3) is 2.96. The van der Waals surface area contributed by atoms with E-state index in [1.807, 2.05) is 19.2 Å². The van der Waals surface area contributed by atoms with Gasteiger partial charge in [0.05, 0.1) is 21.3 Å².